The Morgan fingerprint density at radius 2 is 1.42 bits per heavy atom. The van der Waals surface area contributed by atoms with Crippen molar-refractivity contribution in [1.82, 2.24) is 0 Å². The predicted molar refractivity (Wildman–Crippen MR) is 121 cm³/mol. The average molecular weight is 439 g/mol. The van der Waals surface area contributed by atoms with Crippen LogP contribution in [0.4, 0.5) is 0 Å². The van der Waals surface area contributed by atoms with Crippen LogP contribution < -0.4 is 0 Å². The molecule has 0 bridgehead atoms. The molecule has 0 aromatic carbocycles. The molecule has 31 heavy (non-hydrogen) atoms. The molecule has 0 amide bonds. The minimum Gasteiger partial charge on any atom is -0.393 e. The minimum atomic E-state index is -0.579. The van der Waals surface area contributed by atoms with Crippen molar-refractivity contribution in [3.63, 3.8) is 0 Å². The van der Waals surface area contributed by atoms with E-state index < -0.39 is 11.9 Å². The summed E-state index contributed by atoms with van der Waals surface area (Å²) in [6.07, 6.45) is 11.2. The summed E-state index contributed by atoms with van der Waals surface area (Å²) < 4.78 is 8.62. The van der Waals surface area contributed by atoms with Crippen LogP contribution in [-0.4, -0.2) is 23.9 Å². The van der Waals surface area contributed by atoms with Gasteiger partial charge >= 0.3 is 23.9 Å². The van der Waals surface area contributed by atoms with E-state index in [1.54, 1.807) is 0 Å². The summed E-state index contributed by atoms with van der Waals surface area (Å²) in [6, 6.07) is 0. The van der Waals surface area contributed by atoms with Crippen molar-refractivity contribution in [1.29, 1.82) is 0 Å². The molecule has 178 valence electrons. The molecule has 0 N–H and O–H groups in total. The molecular weight excluding hydrogens is 396 g/mol. The van der Waals surface area contributed by atoms with Crippen molar-refractivity contribution >= 4 is 23.9 Å². The second-order valence-electron chi connectivity index (χ2n) is 9.60. The summed E-state index contributed by atoms with van der Waals surface area (Å²) in [6.45, 7) is 15.3. The number of cyclic esters (lactones) is 4. The van der Waals surface area contributed by atoms with Gasteiger partial charge in [0.05, 0.1) is 12.3 Å². The molecule has 2 unspecified atom stereocenters. The van der Waals surface area contributed by atoms with E-state index in [2.05, 4.69) is 57.9 Å². The summed E-state index contributed by atoms with van der Waals surface area (Å²) in [5, 5.41) is 0. The number of ether oxygens (including phenoxy) is 2. The lowest BCUT2D eigenvalue weighted by Gasteiger charge is -2.31. The number of hydrogen-bond acceptors (Lipinski definition) is 6. The summed E-state index contributed by atoms with van der Waals surface area (Å²) >= 11 is 0. The monoisotopic (exact) mass is 438 g/mol. The Hall–Kier alpha value is -1.98. The first kappa shape index (κ1) is 29.0. The van der Waals surface area contributed by atoms with Gasteiger partial charge in [-0.3, -0.25) is 9.59 Å². The van der Waals surface area contributed by atoms with Gasteiger partial charge in [-0.1, -0.05) is 87.0 Å². The molecule has 1 saturated heterocycles. The number of esters is 4. The highest BCUT2D eigenvalue weighted by molar-refractivity contribution is 6.04. The summed E-state index contributed by atoms with van der Waals surface area (Å²) in [7, 11) is 0. The van der Waals surface area contributed by atoms with Crippen LogP contribution in [0.25, 0.3) is 0 Å². The molecule has 2 aliphatic rings. The quantitative estimate of drug-likeness (QED) is 0.335. The largest absolute Gasteiger partial charge is 0.393 e. The zero-order chi connectivity index (χ0) is 24.0. The molecule has 0 aromatic heterocycles. The van der Waals surface area contributed by atoms with E-state index >= 15 is 0 Å². The van der Waals surface area contributed by atoms with E-state index in [9.17, 15) is 19.2 Å². The van der Waals surface area contributed by atoms with Gasteiger partial charge in [-0.15, -0.1) is 0 Å². The van der Waals surface area contributed by atoms with Crippen LogP contribution in [0.2, 0.25) is 0 Å². The first-order chi connectivity index (χ1) is 14.4. The van der Waals surface area contributed by atoms with Crippen molar-refractivity contribution in [2.75, 3.05) is 0 Å². The van der Waals surface area contributed by atoms with Gasteiger partial charge in [0.2, 0.25) is 0 Å². The fraction of sp³-hybridized carbons (Fsp3) is 0.760. The number of carbonyl (C=O) groups is 4. The van der Waals surface area contributed by atoms with Gasteiger partial charge < -0.3 is 9.47 Å². The van der Waals surface area contributed by atoms with Gasteiger partial charge in [0.25, 0.3) is 0 Å². The molecule has 6 nitrogen and oxygen atoms in total. The molecule has 2 heterocycles. The molecule has 0 spiro atoms. The van der Waals surface area contributed by atoms with Crippen molar-refractivity contribution in [2.24, 2.45) is 23.2 Å². The lowest BCUT2D eigenvalue weighted by Crippen LogP contribution is -2.29. The van der Waals surface area contributed by atoms with Crippen LogP contribution in [0.15, 0.2) is 12.2 Å². The van der Waals surface area contributed by atoms with E-state index in [0.717, 1.165) is 24.5 Å². The second kappa shape index (κ2) is 14.9. The lowest BCUT2D eigenvalue weighted by molar-refractivity contribution is -0.155. The highest BCUT2D eigenvalue weighted by Crippen LogP contribution is 2.40. The number of carbonyl (C=O) groups excluding carboxylic acids is 4. The van der Waals surface area contributed by atoms with Crippen molar-refractivity contribution in [3.8, 4) is 0 Å². The highest BCUT2D eigenvalue weighted by Gasteiger charge is 2.44. The molecule has 0 saturated carbocycles. The van der Waals surface area contributed by atoms with Crippen LogP contribution in [0, 0.1) is 23.2 Å². The number of rotatable bonds is 9. The van der Waals surface area contributed by atoms with Crippen molar-refractivity contribution in [3.05, 3.63) is 12.2 Å². The maximum absolute atomic E-state index is 11.6. The van der Waals surface area contributed by atoms with Gasteiger partial charge in [0, 0.05) is 12.2 Å². The molecule has 0 aromatic rings. The minimum absolute atomic E-state index is 0.142. The van der Waals surface area contributed by atoms with Crippen LogP contribution >= 0.6 is 0 Å². The Balaban J connectivity index is 0.000000527. The molecule has 6 heteroatoms. The van der Waals surface area contributed by atoms with Gasteiger partial charge in [-0.25, -0.2) is 9.59 Å². The summed E-state index contributed by atoms with van der Waals surface area (Å²) in [4.78, 5) is 42.6. The molecule has 0 radical (unpaired) electrons. The topological polar surface area (TPSA) is 86.7 Å². The fourth-order valence-electron chi connectivity index (χ4n) is 3.68. The predicted octanol–water partition coefficient (Wildman–Crippen LogP) is 5.78. The van der Waals surface area contributed by atoms with Crippen LogP contribution in [0.5, 0.6) is 0 Å². The standard InChI is InChI=1S/C14H24O3.C7H16.C4H2O3/c1-5-6-7-10(2)9-14(3,4)11-8-12(15)17-13(11)16;1-4-5-6-7(2)3;5-3-1-2-4(6)7-3/h10-11H,5-9H2,1-4H3;7H,4-6H2,1-3H3;1-2H. The van der Waals surface area contributed by atoms with E-state index in [1.807, 2.05) is 0 Å². The molecule has 2 aliphatic heterocycles. The Labute approximate surface area is 188 Å². The summed E-state index contributed by atoms with van der Waals surface area (Å²) in [5.74, 6) is -0.612. The molecule has 2 rings (SSSR count). The van der Waals surface area contributed by atoms with Crippen molar-refractivity contribution < 1.29 is 28.7 Å². The zero-order valence-corrected chi connectivity index (χ0v) is 20.5. The highest BCUT2D eigenvalue weighted by atomic mass is 16.6. The summed E-state index contributed by atoms with van der Waals surface area (Å²) in [5.41, 5.74) is -0.142. The molecule has 1 fully saturated rings. The third-order valence-electron chi connectivity index (χ3n) is 5.43. The van der Waals surface area contributed by atoms with Crippen LogP contribution in [0.3, 0.4) is 0 Å². The van der Waals surface area contributed by atoms with Gasteiger partial charge in [-0.05, 0) is 23.7 Å². The average Bonchev–Trinajstić information content (AvgIpc) is 3.22. The third-order valence-corrected chi connectivity index (χ3v) is 5.43. The molecule has 2 atom stereocenters. The van der Waals surface area contributed by atoms with Gasteiger partial charge in [-0.2, -0.15) is 0 Å². The third kappa shape index (κ3) is 13.1. The zero-order valence-electron chi connectivity index (χ0n) is 20.5. The number of unbranched alkanes of at least 4 members (excludes halogenated alkanes) is 2. The van der Waals surface area contributed by atoms with Crippen LogP contribution in [0.1, 0.15) is 99.8 Å². The first-order valence-electron chi connectivity index (χ1n) is 11.6. The van der Waals surface area contributed by atoms with Gasteiger partial charge in [0.1, 0.15) is 0 Å². The SMILES string of the molecule is CCCCC(C)C.CCCCC(C)CC(C)(C)C1CC(=O)OC1=O.O=C1C=CC(=O)O1. The van der Waals surface area contributed by atoms with Crippen molar-refractivity contribution in [2.45, 2.75) is 99.8 Å². The lowest BCUT2D eigenvalue weighted by atomic mass is 9.71. The Bertz CT molecular complexity index is 602. The second-order valence-corrected chi connectivity index (χ2v) is 9.60. The normalized spacial score (nSPS) is 18.8. The Morgan fingerprint density at radius 3 is 1.74 bits per heavy atom. The number of hydrogen-bond donors (Lipinski definition) is 0. The van der Waals surface area contributed by atoms with Gasteiger partial charge in [0.15, 0.2) is 0 Å². The maximum atomic E-state index is 11.6. The van der Waals surface area contributed by atoms with E-state index in [-0.39, 0.29) is 29.7 Å². The molecular formula is C25H42O6. The Morgan fingerprint density at radius 1 is 0.903 bits per heavy atom. The first-order valence-corrected chi connectivity index (χ1v) is 11.6. The van der Waals surface area contributed by atoms with E-state index in [4.69, 9.17) is 0 Å². The smallest absolute Gasteiger partial charge is 0.338 e. The van der Waals surface area contributed by atoms with E-state index in [0.29, 0.717) is 5.92 Å². The maximum Gasteiger partial charge on any atom is 0.338 e. The van der Waals surface area contributed by atoms with E-state index in [1.165, 1.54) is 38.5 Å². The Kier molecular flexibility index (Phi) is 14.0. The fourth-order valence-corrected chi connectivity index (χ4v) is 3.68. The van der Waals surface area contributed by atoms with Crippen LogP contribution in [-0.2, 0) is 28.7 Å². The molecule has 0 aliphatic carbocycles.